The minimum atomic E-state index is -0.735. The van der Waals surface area contributed by atoms with E-state index in [1.807, 2.05) is 13.8 Å². The Hall–Kier alpha value is -1.85. The maximum Gasteiger partial charge on any atom is 0.377 e. The maximum atomic E-state index is 11.3. The third kappa shape index (κ3) is 3.08. The molecule has 0 fully saturated rings. The van der Waals surface area contributed by atoms with Crippen LogP contribution in [-0.4, -0.2) is 23.6 Å². The highest BCUT2D eigenvalue weighted by molar-refractivity contribution is 5.88. The van der Waals surface area contributed by atoms with Crippen molar-refractivity contribution in [3.05, 3.63) is 17.5 Å². The van der Waals surface area contributed by atoms with E-state index in [4.69, 9.17) is 10.3 Å². The Balaban J connectivity index is 2.63. The van der Waals surface area contributed by atoms with Gasteiger partial charge in [0.25, 0.3) is 5.91 Å². The van der Waals surface area contributed by atoms with E-state index in [-0.39, 0.29) is 11.7 Å². The summed E-state index contributed by atoms with van der Waals surface area (Å²) in [6.07, 6.45) is 0.891. The molecule has 1 atom stereocenters. The predicted octanol–water partition coefficient (Wildman–Crippen LogP) is 0.830. The van der Waals surface area contributed by atoms with Crippen LogP contribution in [0.15, 0.2) is 10.6 Å². The Morgan fingerprint density at radius 1 is 1.62 bits per heavy atom. The number of hydrogen-bond acceptors (Lipinski definition) is 5. The molecule has 1 aromatic heterocycles. The Kier molecular flexibility index (Phi) is 4.04. The Labute approximate surface area is 92.7 Å². The Morgan fingerprint density at radius 3 is 2.88 bits per heavy atom. The van der Waals surface area contributed by atoms with Crippen molar-refractivity contribution < 1.29 is 18.8 Å². The van der Waals surface area contributed by atoms with Crippen LogP contribution < -0.4 is 5.73 Å². The molecule has 88 valence electrons. The zero-order valence-corrected chi connectivity index (χ0v) is 9.23. The molecular weight excluding hydrogens is 212 g/mol. The second kappa shape index (κ2) is 5.29. The molecule has 1 amide bonds. The number of rotatable bonds is 5. The standard InChI is InChI=1S/C10H14N2O4/c1-3-6(2)7-4-8(16-12-7)10(14)15-5-9(11)13/h4,6H,3,5H2,1-2H3,(H2,11,13)/t6-/m1/s1. The van der Waals surface area contributed by atoms with Crippen LogP contribution in [0.3, 0.4) is 0 Å². The molecule has 0 aliphatic carbocycles. The first-order valence-electron chi connectivity index (χ1n) is 4.96. The van der Waals surface area contributed by atoms with Crippen LogP contribution in [0, 0.1) is 0 Å². The minimum absolute atomic E-state index is 0.0171. The summed E-state index contributed by atoms with van der Waals surface area (Å²) in [7, 11) is 0. The number of hydrogen-bond donors (Lipinski definition) is 1. The summed E-state index contributed by atoms with van der Waals surface area (Å²) in [5.74, 6) is -1.26. The van der Waals surface area contributed by atoms with Crippen molar-refractivity contribution in [2.24, 2.45) is 5.73 Å². The zero-order valence-electron chi connectivity index (χ0n) is 9.23. The first-order valence-corrected chi connectivity index (χ1v) is 4.96. The smallest absolute Gasteiger partial charge is 0.377 e. The molecule has 0 unspecified atom stereocenters. The van der Waals surface area contributed by atoms with Crippen LogP contribution in [0.1, 0.15) is 42.4 Å². The number of amides is 1. The van der Waals surface area contributed by atoms with Crippen molar-refractivity contribution in [3.8, 4) is 0 Å². The van der Waals surface area contributed by atoms with Gasteiger partial charge in [-0.05, 0) is 6.42 Å². The number of aromatic nitrogens is 1. The first-order chi connectivity index (χ1) is 7.54. The molecule has 6 nitrogen and oxygen atoms in total. The van der Waals surface area contributed by atoms with Gasteiger partial charge in [0, 0.05) is 12.0 Å². The van der Waals surface area contributed by atoms with E-state index in [0.29, 0.717) is 5.69 Å². The number of nitrogens with two attached hydrogens (primary N) is 1. The van der Waals surface area contributed by atoms with Crippen molar-refractivity contribution in [2.75, 3.05) is 6.61 Å². The van der Waals surface area contributed by atoms with Gasteiger partial charge in [-0.25, -0.2) is 4.79 Å². The third-order valence-electron chi connectivity index (χ3n) is 2.19. The van der Waals surface area contributed by atoms with Crippen molar-refractivity contribution >= 4 is 11.9 Å². The molecule has 0 spiro atoms. The highest BCUT2D eigenvalue weighted by Crippen LogP contribution is 2.18. The van der Waals surface area contributed by atoms with Gasteiger partial charge in [0.2, 0.25) is 5.76 Å². The topological polar surface area (TPSA) is 95.4 Å². The molecule has 0 saturated heterocycles. The summed E-state index contributed by atoms with van der Waals surface area (Å²) in [6.45, 7) is 3.51. The molecule has 1 heterocycles. The number of esters is 1. The number of primary amides is 1. The summed E-state index contributed by atoms with van der Waals surface area (Å²) in [6, 6.07) is 1.51. The van der Waals surface area contributed by atoms with E-state index in [2.05, 4.69) is 9.89 Å². The second-order valence-electron chi connectivity index (χ2n) is 3.47. The summed E-state index contributed by atoms with van der Waals surface area (Å²) < 4.78 is 9.37. The lowest BCUT2D eigenvalue weighted by molar-refractivity contribution is -0.121. The minimum Gasteiger partial charge on any atom is -0.450 e. The van der Waals surface area contributed by atoms with Gasteiger partial charge >= 0.3 is 5.97 Å². The van der Waals surface area contributed by atoms with Gasteiger partial charge in [-0.1, -0.05) is 19.0 Å². The molecule has 16 heavy (non-hydrogen) atoms. The van der Waals surface area contributed by atoms with Crippen molar-refractivity contribution in [3.63, 3.8) is 0 Å². The maximum absolute atomic E-state index is 11.3. The van der Waals surface area contributed by atoms with E-state index < -0.39 is 18.5 Å². The van der Waals surface area contributed by atoms with Crippen molar-refractivity contribution in [1.82, 2.24) is 5.16 Å². The van der Waals surface area contributed by atoms with E-state index in [0.717, 1.165) is 6.42 Å². The molecule has 6 heteroatoms. The van der Waals surface area contributed by atoms with E-state index in [1.165, 1.54) is 6.07 Å². The van der Waals surface area contributed by atoms with E-state index in [9.17, 15) is 9.59 Å². The summed E-state index contributed by atoms with van der Waals surface area (Å²) in [4.78, 5) is 21.7. The summed E-state index contributed by atoms with van der Waals surface area (Å²) in [5.41, 5.74) is 5.52. The van der Waals surface area contributed by atoms with Crippen LogP contribution in [0.5, 0.6) is 0 Å². The lowest BCUT2D eigenvalue weighted by Gasteiger charge is -2.00. The second-order valence-corrected chi connectivity index (χ2v) is 3.47. The molecule has 1 rings (SSSR count). The molecule has 0 aliphatic rings. The molecular formula is C10H14N2O4. The van der Waals surface area contributed by atoms with Gasteiger partial charge in [0.05, 0.1) is 5.69 Å². The highest BCUT2D eigenvalue weighted by Gasteiger charge is 2.17. The number of nitrogens with zero attached hydrogens (tertiary/aromatic N) is 1. The largest absolute Gasteiger partial charge is 0.450 e. The van der Waals surface area contributed by atoms with Crippen LogP contribution in [0.2, 0.25) is 0 Å². The fraction of sp³-hybridized carbons (Fsp3) is 0.500. The van der Waals surface area contributed by atoms with Gasteiger partial charge in [-0.3, -0.25) is 4.79 Å². The molecule has 2 N–H and O–H groups in total. The SMILES string of the molecule is CC[C@@H](C)c1cc(C(=O)OCC(N)=O)on1. The number of ether oxygens (including phenoxy) is 1. The van der Waals surface area contributed by atoms with Crippen LogP contribution in [-0.2, 0) is 9.53 Å². The van der Waals surface area contributed by atoms with Crippen LogP contribution in [0.25, 0.3) is 0 Å². The van der Waals surface area contributed by atoms with E-state index in [1.54, 1.807) is 0 Å². The normalized spacial score (nSPS) is 12.1. The molecule has 1 aromatic rings. The highest BCUT2D eigenvalue weighted by atomic mass is 16.6. The molecule has 0 aliphatic heterocycles. The fourth-order valence-corrected chi connectivity index (χ4v) is 1.03. The predicted molar refractivity (Wildman–Crippen MR) is 54.7 cm³/mol. The molecule has 0 aromatic carbocycles. The quantitative estimate of drug-likeness (QED) is 0.750. The summed E-state index contributed by atoms with van der Waals surface area (Å²) in [5, 5.41) is 3.74. The van der Waals surface area contributed by atoms with Crippen molar-refractivity contribution in [1.29, 1.82) is 0 Å². The van der Waals surface area contributed by atoms with E-state index >= 15 is 0 Å². The lowest BCUT2D eigenvalue weighted by Crippen LogP contribution is -2.20. The third-order valence-corrected chi connectivity index (χ3v) is 2.19. The average Bonchev–Trinajstić information content (AvgIpc) is 2.74. The first kappa shape index (κ1) is 12.2. The van der Waals surface area contributed by atoms with Crippen LogP contribution >= 0.6 is 0 Å². The van der Waals surface area contributed by atoms with Crippen molar-refractivity contribution in [2.45, 2.75) is 26.2 Å². The number of carbonyl (C=O) groups excluding carboxylic acids is 2. The fourth-order valence-electron chi connectivity index (χ4n) is 1.03. The van der Waals surface area contributed by atoms with Gasteiger partial charge in [0.1, 0.15) is 0 Å². The lowest BCUT2D eigenvalue weighted by atomic mass is 10.1. The summed E-state index contributed by atoms with van der Waals surface area (Å²) >= 11 is 0. The number of carbonyl (C=O) groups is 2. The van der Waals surface area contributed by atoms with Gasteiger partial charge in [-0.2, -0.15) is 0 Å². The Bertz CT molecular complexity index is 386. The Morgan fingerprint density at radius 2 is 2.31 bits per heavy atom. The van der Waals surface area contributed by atoms with Gasteiger partial charge in [0.15, 0.2) is 6.61 Å². The monoisotopic (exact) mass is 226 g/mol. The van der Waals surface area contributed by atoms with Gasteiger partial charge in [-0.15, -0.1) is 0 Å². The van der Waals surface area contributed by atoms with Crippen LogP contribution in [0.4, 0.5) is 0 Å². The molecule has 0 radical (unpaired) electrons. The van der Waals surface area contributed by atoms with Gasteiger partial charge < -0.3 is 15.0 Å². The molecule has 0 bridgehead atoms. The zero-order chi connectivity index (χ0) is 12.1. The molecule has 0 saturated carbocycles. The average molecular weight is 226 g/mol.